The Morgan fingerprint density at radius 2 is 1.72 bits per heavy atom. The number of fused-ring (bicyclic) bond motifs is 4. The highest BCUT2D eigenvalue weighted by molar-refractivity contribution is 6.39. The average Bonchev–Trinajstić information content (AvgIpc) is 4.47. The molecule has 3 saturated heterocycles. The van der Waals surface area contributed by atoms with Crippen molar-refractivity contribution in [2.24, 2.45) is 5.92 Å². The summed E-state index contributed by atoms with van der Waals surface area (Å²) in [4.78, 5) is 46.4. The molecule has 2 amide bonds. The number of benzene rings is 4. The number of likely N-dealkylation sites (tertiary alicyclic amines) is 1. The Kier molecular flexibility index (Phi) is 15.0. The molecule has 0 unspecified atom stereocenters. The minimum Gasteiger partial charge on any atom is -0.486 e. The van der Waals surface area contributed by atoms with Crippen molar-refractivity contribution in [3.05, 3.63) is 124 Å². The van der Waals surface area contributed by atoms with Gasteiger partial charge in [0.15, 0.2) is 5.75 Å². The fourth-order valence-corrected chi connectivity index (χ4v) is 11.3. The van der Waals surface area contributed by atoms with Crippen LogP contribution in [0.25, 0.3) is 55.4 Å². The summed E-state index contributed by atoms with van der Waals surface area (Å²) in [6.07, 6.45) is 4.71. The van der Waals surface area contributed by atoms with Crippen LogP contribution in [-0.4, -0.2) is 137 Å². The lowest BCUT2D eigenvalue weighted by molar-refractivity contribution is -0.142. The predicted octanol–water partition coefficient (Wildman–Crippen LogP) is 7.49. The number of carbonyl (C=O) groups is 2. The number of ether oxygens (including phenoxy) is 3. The van der Waals surface area contributed by atoms with Gasteiger partial charge in [-0.1, -0.05) is 96.9 Å². The molecule has 2 bridgehead atoms. The van der Waals surface area contributed by atoms with E-state index < -0.39 is 41.9 Å². The number of aliphatic hydroxyl groups is 2. The van der Waals surface area contributed by atoms with Crippen LogP contribution in [0, 0.1) is 11.7 Å². The molecule has 7 atom stereocenters. The van der Waals surface area contributed by atoms with Crippen LogP contribution >= 0.6 is 23.2 Å². The molecule has 0 aliphatic carbocycles. The van der Waals surface area contributed by atoms with Crippen molar-refractivity contribution in [1.82, 2.24) is 55.7 Å². The molecule has 8 aromatic rings. The van der Waals surface area contributed by atoms with Crippen molar-refractivity contribution in [2.45, 2.75) is 82.6 Å². The SMILES string of the molecule is CO[C@@H](C)COc1nc(N2C[C@@H]3C[C@H]2CN3)c2cc(Cl)c(-c3c(Cl)c(F)cc4[nH]ncc34)c(OCc3ccc(-c4cn([C@H](C(=O)N5C[C@H](O)C[C@H]5C(=O)N[C@@H](CO)c5ccc(-c6ccccn6)cc5)C(C)C)nn4)cc3)c2n1. The van der Waals surface area contributed by atoms with Crippen molar-refractivity contribution in [3.63, 3.8) is 0 Å². The number of aromatic nitrogens is 8. The van der Waals surface area contributed by atoms with Crippen molar-refractivity contribution in [2.75, 3.05) is 44.9 Å². The van der Waals surface area contributed by atoms with E-state index in [9.17, 15) is 19.8 Å². The molecule has 5 N–H and O–H groups in total. The maximum Gasteiger partial charge on any atom is 0.319 e. The van der Waals surface area contributed by atoms with Gasteiger partial charge in [0.05, 0.1) is 58.5 Å². The summed E-state index contributed by atoms with van der Waals surface area (Å²) in [7, 11) is 1.60. The zero-order valence-corrected chi connectivity index (χ0v) is 44.6. The number of hydrogen-bond acceptors (Lipinski definition) is 15. The Morgan fingerprint density at radius 3 is 2.42 bits per heavy atom. The van der Waals surface area contributed by atoms with Gasteiger partial charge in [-0.05, 0) is 48.6 Å². The van der Waals surface area contributed by atoms with E-state index in [-0.39, 0.29) is 84.3 Å². The summed E-state index contributed by atoms with van der Waals surface area (Å²) in [5.41, 5.74) is 5.61. The molecule has 3 aliphatic heterocycles. The van der Waals surface area contributed by atoms with E-state index in [1.54, 1.807) is 31.8 Å². The number of β-amino-alcohol motifs (C(OH)–C–C–N with tert-alkyl or cyclic N) is 1. The largest absolute Gasteiger partial charge is 0.486 e. The number of nitrogens with one attached hydrogen (secondary N) is 3. The van der Waals surface area contributed by atoms with Crippen LogP contribution in [0.3, 0.4) is 0 Å². The average molecular weight is 1100 g/mol. The maximum atomic E-state index is 15.7. The lowest BCUT2D eigenvalue weighted by Crippen LogP contribution is -2.50. The number of hydrogen-bond donors (Lipinski definition) is 5. The molecule has 78 heavy (non-hydrogen) atoms. The molecule has 4 aromatic heterocycles. The van der Waals surface area contributed by atoms with Crippen LogP contribution in [0.5, 0.6) is 11.8 Å². The molecule has 0 spiro atoms. The van der Waals surface area contributed by atoms with Crippen LogP contribution < -0.4 is 25.0 Å². The van der Waals surface area contributed by atoms with Crippen LogP contribution in [-0.2, 0) is 20.9 Å². The topological polar surface area (TPSA) is 231 Å². The van der Waals surface area contributed by atoms with Gasteiger partial charge in [-0.3, -0.25) is 19.7 Å². The van der Waals surface area contributed by atoms with Crippen LogP contribution in [0.2, 0.25) is 10.0 Å². The normalized spacial score (nSPS) is 19.3. The highest BCUT2D eigenvalue weighted by Crippen LogP contribution is 2.50. The molecule has 3 aliphatic rings. The Balaban J connectivity index is 0.855. The van der Waals surface area contributed by atoms with Crippen LogP contribution in [0.15, 0.2) is 97.5 Å². The molecule has 4 aromatic carbocycles. The van der Waals surface area contributed by atoms with Gasteiger partial charge in [-0.15, -0.1) is 5.10 Å². The standard InChI is InChI=1S/C56H57Cl2FN12O7/c1-29(2)51(55(75)70-24-37(73)18-46(70)54(74)63-45(26-72)34-14-12-32(13-15-34)42-7-5-6-16-60-42)71-25-44(67-68-71)33-10-8-31(9-11-33)28-77-52-48(47-39-22-62-66-43(39)20-41(59)49(47)58)40(57)19-38-50(52)64-56(78-27-30(3)76-4)65-53(38)69-23-35-17-36(69)21-61-35/h5-16,19-20,22,25,29-30,35-37,45-46,51,61,72-73H,17-18,21,23-24,26-28H2,1-4H3,(H,62,66)(H,63,74)/t30-,35-,36-,37+,45-,46-,51-/m0/s1. The molecule has 7 heterocycles. The van der Waals surface area contributed by atoms with Crippen molar-refractivity contribution < 1.29 is 38.4 Å². The monoisotopic (exact) mass is 1100 g/mol. The summed E-state index contributed by atoms with van der Waals surface area (Å²) < 4.78 is 35.7. The number of H-pyrrole nitrogens is 1. The molecule has 19 nitrogen and oxygen atoms in total. The Morgan fingerprint density at radius 1 is 0.936 bits per heavy atom. The van der Waals surface area contributed by atoms with Gasteiger partial charge in [-0.25, -0.2) is 9.07 Å². The smallest absolute Gasteiger partial charge is 0.319 e. The quantitative estimate of drug-likeness (QED) is 0.0561. The predicted molar refractivity (Wildman–Crippen MR) is 292 cm³/mol. The first kappa shape index (κ1) is 52.7. The number of piperazine rings is 1. The number of amides is 2. The first-order valence-corrected chi connectivity index (χ1v) is 26.6. The molecule has 22 heteroatoms. The minimum absolute atomic E-state index is 0.00308. The van der Waals surface area contributed by atoms with E-state index in [1.165, 1.54) is 15.6 Å². The number of halogens is 3. The summed E-state index contributed by atoms with van der Waals surface area (Å²) >= 11 is 14.2. The number of anilines is 1. The Bertz CT molecular complexity index is 3500. The summed E-state index contributed by atoms with van der Waals surface area (Å²) in [5.74, 6) is -1.03. The first-order chi connectivity index (χ1) is 37.8. The van der Waals surface area contributed by atoms with Crippen molar-refractivity contribution in [3.8, 4) is 45.4 Å². The van der Waals surface area contributed by atoms with Gasteiger partial charge >= 0.3 is 6.01 Å². The number of pyridine rings is 1. The van der Waals surface area contributed by atoms with Gasteiger partial charge in [0.25, 0.3) is 0 Å². The second-order valence-corrected chi connectivity index (χ2v) is 21.2. The minimum atomic E-state index is -1.00. The van der Waals surface area contributed by atoms with E-state index in [4.69, 9.17) is 47.4 Å². The zero-order valence-electron chi connectivity index (χ0n) is 43.1. The summed E-state index contributed by atoms with van der Waals surface area (Å²) in [6.45, 7) is 6.85. The summed E-state index contributed by atoms with van der Waals surface area (Å²) in [5, 5.41) is 44.8. The lowest BCUT2D eigenvalue weighted by Gasteiger charge is -2.30. The lowest BCUT2D eigenvalue weighted by atomic mass is 9.98. The van der Waals surface area contributed by atoms with Gasteiger partial charge in [0.1, 0.15) is 48.1 Å². The van der Waals surface area contributed by atoms with E-state index in [0.29, 0.717) is 56.6 Å². The molecule has 0 saturated carbocycles. The van der Waals surface area contributed by atoms with E-state index >= 15 is 4.39 Å². The molecule has 11 rings (SSSR count). The molecule has 404 valence electrons. The van der Waals surface area contributed by atoms with Gasteiger partial charge in [-0.2, -0.15) is 15.1 Å². The number of nitrogens with zero attached hydrogens (tertiary/aromatic N) is 9. The fourth-order valence-electron chi connectivity index (χ4n) is 10.8. The molecular formula is C56H57Cl2FN12O7. The van der Waals surface area contributed by atoms with E-state index in [2.05, 4.69) is 41.0 Å². The number of carbonyl (C=O) groups excluding carboxylic acids is 2. The van der Waals surface area contributed by atoms with E-state index in [0.717, 1.165) is 29.8 Å². The second kappa shape index (κ2) is 22.2. The fraction of sp³-hybridized carbons (Fsp3) is 0.357. The van der Waals surface area contributed by atoms with Crippen molar-refractivity contribution >= 4 is 62.6 Å². The van der Waals surface area contributed by atoms with Gasteiger partial charge < -0.3 is 44.9 Å². The van der Waals surface area contributed by atoms with Crippen molar-refractivity contribution in [1.29, 1.82) is 0 Å². The third-order valence-corrected chi connectivity index (χ3v) is 15.5. The number of aromatic amines is 1. The molecule has 0 radical (unpaired) electrons. The Labute approximate surface area is 458 Å². The first-order valence-electron chi connectivity index (χ1n) is 25.8. The number of aliphatic hydroxyl groups excluding tert-OH is 2. The van der Waals surface area contributed by atoms with Gasteiger partial charge in [0.2, 0.25) is 11.8 Å². The third kappa shape index (κ3) is 10.3. The molecular weight excluding hydrogens is 1040 g/mol. The third-order valence-electron chi connectivity index (χ3n) is 14.9. The summed E-state index contributed by atoms with van der Waals surface area (Å²) in [6, 6.07) is 21.4. The number of rotatable bonds is 18. The van der Waals surface area contributed by atoms with E-state index in [1.807, 2.05) is 87.5 Å². The highest BCUT2D eigenvalue weighted by atomic mass is 35.5. The van der Waals surface area contributed by atoms with Gasteiger partial charge in [0, 0.05) is 90.5 Å². The van der Waals surface area contributed by atoms with Crippen LogP contribution in [0.4, 0.5) is 10.2 Å². The second-order valence-electron chi connectivity index (χ2n) is 20.4. The molecule has 3 fully saturated rings. The maximum absolute atomic E-state index is 15.7. The van der Waals surface area contributed by atoms with Crippen LogP contribution in [0.1, 0.15) is 56.8 Å². The Hall–Kier alpha value is -7.33. The number of methoxy groups -OCH3 is 1. The zero-order chi connectivity index (χ0) is 54.4. The highest BCUT2D eigenvalue weighted by Gasteiger charge is 2.44.